The molecule has 0 spiro atoms. The molecular weight excluding hydrogens is 467 g/mol. The first-order chi connectivity index (χ1) is 16.9. The molecule has 1 saturated heterocycles. The lowest BCUT2D eigenvalue weighted by molar-refractivity contribution is -0.138. The standard InChI is InChI=1S/C28H34ClFN2O3/c1-20(23-8-10-24(29)11-9-23)31(18-21-5-3-2-4-6-21)19-22-7-12-26(25(30)17-22)35-16-15-32-27(33)13-14-28(32)34/h7-12,17,20-21H,2-6,13-16,18-19H2,1H3/t20-/m0/s1. The number of likely N-dealkylation sites (tertiary alicyclic amines) is 1. The summed E-state index contributed by atoms with van der Waals surface area (Å²) in [5.41, 5.74) is 2.08. The zero-order valence-corrected chi connectivity index (χ0v) is 21.1. The number of hydrogen-bond donors (Lipinski definition) is 0. The summed E-state index contributed by atoms with van der Waals surface area (Å²) in [4.78, 5) is 27.1. The lowest BCUT2D eigenvalue weighted by atomic mass is 9.88. The van der Waals surface area contributed by atoms with Crippen LogP contribution < -0.4 is 4.74 Å². The fraction of sp³-hybridized carbons (Fsp3) is 0.500. The molecule has 0 radical (unpaired) electrons. The number of ether oxygens (including phenoxy) is 1. The van der Waals surface area contributed by atoms with Crippen molar-refractivity contribution in [3.8, 4) is 5.75 Å². The highest BCUT2D eigenvalue weighted by molar-refractivity contribution is 6.30. The van der Waals surface area contributed by atoms with Gasteiger partial charge in [-0.2, -0.15) is 0 Å². The van der Waals surface area contributed by atoms with Crippen molar-refractivity contribution < 1.29 is 18.7 Å². The van der Waals surface area contributed by atoms with Crippen LogP contribution in [0.5, 0.6) is 5.75 Å². The van der Waals surface area contributed by atoms with Crippen molar-refractivity contribution in [3.05, 3.63) is 64.4 Å². The van der Waals surface area contributed by atoms with Gasteiger partial charge >= 0.3 is 0 Å². The molecule has 2 fully saturated rings. The van der Waals surface area contributed by atoms with E-state index in [1.165, 1.54) is 48.6 Å². The Morgan fingerprint density at radius 3 is 2.40 bits per heavy atom. The molecule has 35 heavy (non-hydrogen) atoms. The number of amides is 2. The third kappa shape index (κ3) is 6.83. The number of carbonyl (C=O) groups excluding carboxylic acids is 2. The van der Waals surface area contributed by atoms with Gasteiger partial charge in [0.25, 0.3) is 0 Å². The minimum absolute atomic E-state index is 0.0785. The summed E-state index contributed by atoms with van der Waals surface area (Å²) in [6.45, 7) is 4.03. The molecule has 1 aliphatic carbocycles. The minimum atomic E-state index is -0.432. The molecule has 2 aromatic carbocycles. The zero-order chi connectivity index (χ0) is 24.8. The summed E-state index contributed by atoms with van der Waals surface area (Å²) >= 11 is 6.10. The van der Waals surface area contributed by atoms with E-state index in [4.69, 9.17) is 16.3 Å². The molecule has 188 valence electrons. The average molecular weight is 501 g/mol. The Bertz CT molecular complexity index is 1010. The monoisotopic (exact) mass is 500 g/mol. The van der Waals surface area contributed by atoms with Gasteiger partial charge in [0.15, 0.2) is 11.6 Å². The second kappa shape index (κ2) is 12.0. The Hall–Kier alpha value is -2.44. The Morgan fingerprint density at radius 2 is 1.74 bits per heavy atom. The van der Waals surface area contributed by atoms with Crippen LogP contribution in [-0.4, -0.2) is 41.3 Å². The van der Waals surface area contributed by atoms with E-state index in [-0.39, 0.29) is 49.6 Å². The van der Waals surface area contributed by atoms with Crippen LogP contribution in [0.4, 0.5) is 4.39 Å². The average Bonchev–Trinajstić information content (AvgIpc) is 3.18. The van der Waals surface area contributed by atoms with Crippen molar-refractivity contribution >= 4 is 23.4 Å². The first-order valence-corrected chi connectivity index (χ1v) is 13.0. The molecule has 2 aliphatic rings. The van der Waals surface area contributed by atoms with Gasteiger partial charge in [-0.3, -0.25) is 19.4 Å². The maximum absolute atomic E-state index is 14.9. The highest BCUT2D eigenvalue weighted by atomic mass is 35.5. The second-order valence-corrected chi connectivity index (χ2v) is 10.1. The van der Waals surface area contributed by atoms with Crippen LogP contribution in [0, 0.1) is 11.7 Å². The van der Waals surface area contributed by atoms with Gasteiger partial charge < -0.3 is 4.74 Å². The minimum Gasteiger partial charge on any atom is -0.489 e. The molecule has 2 aromatic rings. The van der Waals surface area contributed by atoms with Crippen molar-refractivity contribution in [2.75, 3.05) is 19.7 Å². The predicted octanol–water partition coefficient (Wildman–Crippen LogP) is 6.15. The summed E-state index contributed by atoms with van der Waals surface area (Å²) in [6.07, 6.45) is 6.85. The first-order valence-electron chi connectivity index (χ1n) is 12.6. The largest absolute Gasteiger partial charge is 0.489 e. The topological polar surface area (TPSA) is 49.9 Å². The summed E-state index contributed by atoms with van der Waals surface area (Å²) < 4.78 is 20.4. The van der Waals surface area contributed by atoms with Crippen molar-refractivity contribution in [3.63, 3.8) is 0 Å². The van der Waals surface area contributed by atoms with E-state index in [1.54, 1.807) is 6.07 Å². The number of imide groups is 1. The molecular formula is C28H34ClFN2O3. The fourth-order valence-corrected chi connectivity index (χ4v) is 5.25. The van der Waals surface area contributed by atoms with Gasteiger partial charge in [0.05, 0.1) is 6.54 Å². The molecule has 1 heterocycles. The fourth-order valence-electron chi connectivity index (χ4n) is 5.13. The Morgan fingerprint density at radius 1 is 1.06 bits per heavy atom. The molecule has 0 N–H and O–H groups in total. The van der Waals surface area contributed by atoms with E-state index in [1.807, 2.05) is 18.2 Å². The summed E-state index contributed by atoms with van der Waals surface area (Å²) in [5, 5.41) is 0.718. The van der Waals surface area contributed by atoms with Gasteiger partial charge in [0.2, 0.25) is 11.8 Å². The molecule has 7 heteroatoms. The van der Waals surface area contributed by atoms with Gasteiger partial charge in [-0.05, 0) is 61.1 Å². The van der Waals surface area contributed by atoms with Crippen molar-refractivity contribution in [1.82, 2.24) is 9.80 Å². The van der Waals surface area contributed by atoms with Gasteiger partial charge in [-0.15, -0.1) is 0 Å². The van der Waals surface area contributed by atoms with E-state index in [0.717, 1.165) is 17.1 Å². The Labute approximate surface area is 212 Å². The van der Waals surface area contributed by atoms with Crippen molar-refractivity contribution in [2.45, 2.75) is 64.5 Å². The van der Waals surface area contributed by atoms with Crippen LogP contribution >= 0.6 is 11.6 Å². The number of halogens is 2. The van der Waals surface area contributed by atoms with Gasteiger partial charge in [-0.1, -0.05) is 49.1 Å². The molecule has 0 unspecified atom stereocenters. The molecule has 1 aliphatic heterocycles. The number of carbonyl (C=O) groups is 2. The molecule has 0 bridgehead atoms. The second-order valence-electron chi connectivity index (χ2n) is 9.71. The summed E-state index contributed by atoms with van der Waals surface area (Å²) in [7, 11) is 0. The molecule has 1 saturated carbocycles. The molecule has 1 atom stereocenters. The molecule has 0 aromatic heterocycles. The Kier molecular flexibility index (Phi) is 8.79. The molecule has 2 amide bonds. The third-order valence-corrected chi connectivity index (χ3v) is 7.48. The van der Waals surface area contributed by atoms with Crippen LogP contribution in [0.3, 0.4) is 0 Å². The number of benzene rings is 2. The normalized spacial score (nSPS) is 17.9. The summed E-state index contributed by atoms with van der Waals surface area (Å²) in [5.74, 6) is -0.0257. The highest BCUT2D eigenvalue weighted by Crippen LogP contribution is 2.30. The first kappa shape index (κ1) is 25.6. The van der Waals surface area contributed by atoms with Crippen molar-refractivity contribution in [1.29, 1.82) is 0 Å². The van der Waals surface area contributed by atoms with E-state index in [9.17, 15) is 14.0 Å². The maximum atomic E-state index is 14.9. The number of rotatable bonds is 10. The van der Waals surface area contributed by atoms with Crippen molar-refractivity contribution in [2.24, 2.45) is 5.92 Å². The van der Waals surface area contributed by atoms with E-state index in [2.05, 4.69) is 24.0 Å². The maximum Gasteiger partial charge on any atom is 0.229 e. The summed E-state index contributed by atoms with van der Waals surface area (Å²) in [6, 6.07) is 13.2. The van der Waals surface area contributed by atoms with Crippen LogP contribution in [0.15, 0.2) is 42.5 Å². The number of hydrogen-bond acceptors (Lipinski definition) is 4. The molecule has 4 rings (SSSR count). The SMILES string of the molecule is C[C@@H](c1ccc(Cl)cc1)N(Cc1ccc(OCCN2C(=O)CCC2=O)c(F)c1)CC1CCCCC1. The lowest BCUT2D eigenvalue weighted by Gasteiger charge is -2.34. The van der Waals surface area contributed by atoms with Crippen LogP contribution in [0.2, 0.25) is 5.02 Å². The van der Waals surface area contributed by atoms with Gasteiger partial charge in [0.1, 0.15) is 6.61 Å². The third-order valence-electron chi connectivity index (χ3n) is 7.23. The number of nitrogens with zero attached hydrogens (tertiary/aromatic N) is 2. The van der Waals surface area contributed by atoms with E-state index in [0.29, 0.717) is 12.5 Å². The van der Waals surface area contributed by atoms with E-state index >= 15 is 0 Å². The van der Waals surface area contributed by atoms with Crippen LogP contribution in [-0.2, 0) is 16.1 Å². The highest BCUT2D eigenvalue weighted by Gasteiger charge is 2.28. The van der Waals surface area contributed by atoms with Gasteiger partial charge in [0, 0.05) is 37.0 Å². The molecule has 5 nitrogen and oxygen atoms in total. The van der Waals surface area contributed by atoms with Crippen LogP contribution in [0.1, 0.15) is 69.0 Å². The van der Waals surface area contributed by atoms with E-state index < -0.39 is 5.82 Å². The van der Waals surface area contributed by atoms with Gasteiger partial charge in [-0.25, -0.2) is 4.39 Å². The van der Waals surface area contributed by atoms with Crippen LogP contribution in [0.25, 0.3) is 0 Å². The predicted molar refractivity (Wildman–Crippen MR) is 135 cm³/mol. The lowest BCUT2D eigenvalue weighted by Crippen LogP contribution is -2.33. The zero-order valence-electron chi connectivity index (χ0n) is 20.3. The smallest absolute Gasteiger partial charge is 0.229 e. The quantitative estimate of drug-likeness (QED) is 0.367. The Balaban J connectivity index is 1.41.